The molecule has 0 aromatic heterocycles. The van der Waals surface area contributed by atoms with Gasteiger partial charge in [-0.3, -0.25) is 0 Å². The fourth-order valence-corrected chi connectivity index (χ4v) is 3.92. The van der Waals surface area contributed by atoms with Crippen LogP contribution in [-0.2, 0) is 13.0 Å². The Balaban J connectivity index is 1.59. The number of rotatable bonds is 4. The second-order valence-corrected chi connectivity index (χ2v) is 7.48. The first-order valence-electron chi connectivity index (χ1n) is 9.46. The molecule has 0 spiro atoms. The standard InChI is InChI=1S/C22H28N2O/c1-15-11-19(12-16(2)22(15)23-3)24-10-4-5-17-13-21(25-20-8-9-20)7-6-18(17)14-24/h6-7,11-13,20,23H,4-5,8-10,14H2,1-3H3. The minimum absolute atomic E-state index is 0.469. The van der Waals surface area contributed by atoms with Crippen molar-refractivity contribution in [3.63, 3.8) is 0 Å². The predicted molar refractivity (Wildman–Crippen MR) is 105 cm³/mol. The van der Waals surface area contributed by atoms with E-state index in [9.17, 15) is 0 Å². The van der Waals surface area contributed by atoms with E-state index >= 15 is 0 Å². The lowest BCUT2D eigenvalue weighted by molar-refractivity contribution is 0.303. The Hall–Kier alpha value is -2.16. The van der Waals surface area contributed by atoms with Crippen molar-refractivity contribution in [2.75, 3.05) is 23.8 Å². The van der Waals surface area contributed by atoms with Gasteiger partial charge in [0.15, 0.2) is 0 Å². The average Bonchev–Trinajstić information content (AvgIpc) is 3.40. The van der Waals surface area contributed by atoms with Crippen molar-refractivity contribution in [3.8, 4) is 5.75 Å². The molecule has 3 nitrogen and oxygen atoms in total. The number of ether oxygens (including phenoxy) is 1. The van der Waals surface area contributed by atoms with Gasteiger partial charge < -0.3 is 15.0 Å². The number of hydrogen-bond acceptors (Lipinski definition) is 3. The van der Waals surface area contributed by atoms with E-state index in [0.29, 0.717) is 6.10 Å². The molecular weight excluding hydrogens is 308 g/mol. The Morgan fingerprint density at radius 1 is 1.04 bits per heavy atom. The van der Waals surface area contributed by atoms with E-state index in [2.05, 4.69) is 54.4 Å². The first kappa shape index (κ1) is 16.3. The average molecular weight is 336 g/mol. The highest BCUT2D eigenvalue weighted by Crippen LogP contribution is 2.32. The fourth-order valence-electron chi connectivity index (χ4n) is 3.92. The fraction of sp³-hybridized carbons (Fsp3) is 0.455. The first-order valence-corrected chi connectivity index (χ1v) is 9.46. The summed E-state index contributed by atoms with van der Waals surface area (Å²) < 4.78 is 5.98. The Morgan fingerprint density at radius 3 is 2.48 bits per heavy atom. The van der Waals surface area contributed by atoms with Gasteiger partial charge in [0.25, 0.3) is 0 Å². The summed E-state index contributed by atoms with van der Waals surface area (Å²) in [7, 11) is 2.00. The highest BCUT2D eigenvalue weighted by atomic mass is 16.5. The quantitative estimate of drug-likeness (QED) is 0.865. The van der Waals surface area contributed by atoms with Gasteiger partial charge in [0.05, 0.1) is 6.10 Å². The number of aryl methyl sites for hydroxylation is 3. The van der Waals surface area contributed by atoms with Crippen LogP contribution in [0.15, 0.2) is 30.3 Å². The third-order valence-electron chi connectivity index (χ3n) is 5.37. The van der Waals surface area contributed by atoms with E-state index in [4.69, 9.17) is 4.74 Å². The van der Waals surface area contributed by atoms with Gasteiger partial charge in [-0.1, -0.05) is 6.07 Å². The predicted octanol–water partition coefficient (Wildman–Crippen LogP) is 4.84. The molecule has 0 bridgehead atoms. The summed E-state index contributed by atoms with van der Waals surface area (Å²) in [6.45, 7) is 6.47. The topological polar surface area (TPSA) is 24.5 Å². The summed E-state index contributed by atoms with van der Waals surface area (Å²) in [4.78, 5) is 2.52. The lowest BCUT2D eigenvalue weighted by atomic mass is 10.0. The number of benzene rings is 2. The smallest absolute Gasteiger partial charge is 0.120 e. The van der Waals surface area contributed by atoms with E-state index < -0.39 is 0 Å². The summed E-state index contributed by atoms with van der Waals surface area (Å²) in [6.07, 6.45) is 5.22. The molecule has 1 fully saturated rings. The van der Waals surface area contributed by atoms with Gasteiger partial charge in [0.2, 0.25) is 0 Å². The monoisotopic (exact) mass is 336 g/mol. The maximum absolute atomic E-state index is 5.98. The van der Waals surface area contributed by atoms with Crippen LogP contribution in [0, 0.1) is 13.8 Å². The maximum atomic E-state index is 5.98. The molecule has 0 radical (unpaired) electrons. The van der Waals surface area contributed by atoms with Crippen molar-refractivity contribution >= 4 is 11.4 Å². The van der Waals surface area contributed by atoms with E-state index in [0.717, 1.165) is 25.3 Å². The summed E-state index contributed by atoms with van der Waals surface area (Å²) in [5.41, 5.74) is 8.11. The van der Waals surface area contributed by atoms with Gasteiger partial charge in [-0.15, -0.1) is 0 Å². The van der Waals surface area contributed by atoms with Crippen LogP contribution in [0.1, 0.15) is 41.5 Å². The van der Waals surface area contributed by atoms with Crippen molar-refractivity contribution in [1.29, 1.82) is 0 Å². The maximum Gasteiger partial charge on any atom is 0.120 e. The minimum atomic E-state index is 0.469. The molecule has 0 atom stereocenters. The summed E-state index contributed by atoms with van der Waals surface area (Å²) in [5.74, 6) is 1.06. The molecule has 4 rings (SSSR count). The molecular formula is C22H28N2O. The third-order valence-corrected chi connectivity index (χ3v) is 5.37. The SMILES string of the molecule is CNc1c(C)cc(N2CCCc3cc(OC4CC4)ccc3C2)cc1C. The lowest BCUT2D eigenvalue weighted by Crippen LogP contribution is -2.22. The van der Waals surface area contributed by atoms with Gasteiger partial charge in [0, 0.05) is 31.5 Å². The number of hydrogen-bond donors (Lipinski definition) is 1. The molecule has 2 aromatic rings. The van der Waals surface area contributed by atoms with E-state index in [1.165, 1.54) is 52.9 Å². The van der Waals surface area contributed by atoms with Crippen molar-refractivity contribution < 1.29 is 4.74 Å². The first-order chi connectivity index (χ1) is 12.1. The molecule has 2 aliphatic rings. The number of nitrogens with one attached hydrogen (secondary N) is 1. The van der Waals surface area contributed by atoms with Crippen molar-refractivity contribution in [2.24, 2.45) is 0 Å². The van der Waals surface area contributed by atoms with Gasteiger partial charge in [-0.25, -0.2) is 0 Å². The molecule has 25 heavy (non-hydrogen) atoms. The van der Waals surface area contributed by atoms with Crippen LogP contribution in [0.2, 0.25) is 0 Å². The molecule has 0 amide bonds. The molecule has 1 saturated carbocycles. The highest BCUT2D eigenvalue weighted by molar-refractivity contribution is 5.65. The Kier molecular flexibility index (Phi) is 4.32. The zero-order valence-corrected chi connectivity index (χ0v) is 15.6. The van der Waals surface area contributed by atoms with Crippen molar-refractivity contribution in [2.45, 2.75) is 52.2 Å². The summed E-state index contributed by atoms with van der Waals surface area (Å²) >= 11 is 0. The molecule has 1 aliphatic carbocycles. The third kappa shape index (κ3) is 3.46. The van der Waals surface area contributed by atoms with Crippen LogP contribution < -0.4 is 15.0 Å². The lowest BCUT2D eigenvalue weighted by Gasteiger charge is -2.25. The minimum Gasteiger partial charge on any atom is -0.490 e. The molecule has 1 aliphatic heterocycles. The van der Waals surface area contributed by atoms with E-state index in [1.54, 1.807) is 0 Å². The summed E-state index contributed by atoms with van der Waals surface area (Å²) in [5, 5.41) is 3.32. The number of fused-ring (bicyclic) bond motifs is 1. The van der Waals surface area contributed by atoms with Crippen LogP contribution >= 0.6 is 0 Å². The van der Waals surface area contributed by atoms with Crippen LogP contribution in [0.4, 0.5) is 11.4 Å². The van der Waals surface area contributed by atoms with Gasteiger partial charge in [-0.05, 0) is 86.1 Å². The Labute approximate surface area is 151 Å². The van der Waals surface area contributed by atoms with Gasteiger partial charge in [0.1, 0.15) is 5.75 Å². The zero-order valence-electron chi connectivity index (χ0n) is 15.6. The molecule has 1 N–H and O–H groups in total. The second-order valence-electron chi connectivity index (χ2n) is 7.48. The molecule has 2 aromatic carbocycles. The van der Waals surface area contributed by atoms with Crippen molar-refractivity contribution in [3.05, 3.63) is 52.6 Å². The van der Waals surface area contributed by atoms with Crippen molar-refractivity contribution in [1.82, 2.24) is 0 Å². The highest BCUT2D eigenvalue weighted by Gasteiger charge is 2.24. The van der Waals surface area contributed by atoms with Gasteiger partial charge >= 0.3 is 0 Å². The van der Waals surface area contributed by atoms with Crippen LogP contribution in [0.5, 0.6) is 5.75 Å². The van der Waals surface area contributed by atoms with Gasteiger partial charge in [-0.2, -0.15) is 0 Å². The summed E-state index contributed by atoms with van der Waals surface area (Å²) in [6, 6.07) is 11.3. The largest absolute Gasteiger partial charge is 0.490 e. The van der Waals surface area contributed by atoms with Crippen LogP contribution in [0.25, 0.3) is 0 Å². The molecule has 0 saturated heterocycles. The molecule has 1 heterocycles. The Morgan fingerprint density at radius 2 is 1.80 bits per heavy atom. The zero-order chi connectivity index (χ0) is 17.4. The van der Waals surface area contributed by atoms with E-state index in [-0.39, 0.29) is 0 Å². The molecule has 132 valence electrons. The number of nitrogens with zero attached hydrogens (tertiary/aromatic N) is 1. The molecule has 0 unspecified atom stereocenters. The van der Waals surface area contributed by atoms with Crippen LogP contribution in [-0.4, -0.2) is 19.7 Å². The normalized spacial score (nSPS) is 17.0. The van der Waals surface area contributed by atoms with E-state index in [1.807, 2.05) is 7.05 Å². The number of anilines is 2. The second kappa shape index (κ2) is 6.62. The van der Waals surface area contributed by atoms with Crippen LogP contribution in [0.3, 0.4) is 0 Å². The Bertz CT molecular complexity index is 757. The molecule has 3 heteroatoms.